The number of nitrogens with one attached hydrogen (secondary N) is 1. The number of anilines is 1. The third-order valence-electron chi connectivity index (χ3n) is 5.59. The first-order chi connectivity index (χ1) is 17.8. The normalized spacial score (nSPS) is 11.7. The summed E-state index contributed by atoms with van der Waals surface area (Å²) in [5.41, 5.74) is 4.18. The van der Waals surface area contributed by atoms with Crippen molar-refractivity contribution >= 4 is 40.0 Å². The van der Waals surface area contributed by atoms with Crippen molar-refractivity contribution in [1.82, 2.24) is 14.8 Å². The fourth-order valence-electron chi connectivity index (χ4n) is 3.94. The number of ether oxygens (including phenoxy) is 2. The van der Waals surface area contributed by atoms with E-state index in [2.05, 4.69) is 21.6 Å². The molecule has 2 aromatic carbocycles. The van der Waals surface area contributed by atoms with Gasteiger partial charge in [0.05, 0.1) is 12.9 Å². The van der Waals surface area contributed by atoms with Gasteiger partial charge in [-0.3, -0.25) is 4.79 Å². The number of carbonyl (C=O) groups excluding carboxylic acids is 2. The van der Waals surface area contributed by atoms with Crippen LogP contribution in [-0.4, -0.2) is 39.5 Å². The Morgan fingerprint density at radius 1 is 1.11 bits per heavy atom. The summed E-state index contributed by atoms with van der Waals surface area (Å²) in [6.07, 6.45) is -0.327. The molecule has 0 aliphatic heterocycles. The van der Waals surface area contributed by atoms with Gasteiger partial charge >= 0.3 is 5.97 Å². The summed E-state index contributed by atoms with van der Waals surface area (Å²) < 4.78 is 12.9. The fraction of sp³-hybridized carbons (Fsp3) is 0.259. The molecule has 1 N–H and O–H groups in total. The Morgan fingerprint density at radius 3 is 2.49 bits per heavy atom. The van der Waals surface area contributed by atoms with E-state index < -0.39 is 5.97 Å². The Labute approximate surface area is 224 Å². The summed E-state index contributed by atoms with van der Waals surface area (Å²) in [6, 6.07) is 15.6. The highest BCUT2D eigenvalue weighted by molar-refractivity contribution is 7.99. The molecule has 1 amide bonds. The number of thioether (sulfide) groups is 1. The van der Waals surface area contributed by atoms with Crippen LogP contribution in [0.25, 0.3) is 11.1 Å². The lowest BCUT2D eigenvalue weighted by Crippen LogP contribution is -2.16. The lowest BCUT2D eigenvalue weighted by atomic mass is 10.0. The zero-order chi connectivity index (χ0) is 26.5. The molecule has 37 heavy (non-hydrogen) atoms. The quantitative estimate of drug-likeness (QED) is 0.213. The van der Waals surface area contributed by atoms with E-state index in [1.165, 1.54) is 30.2 Å². The molecule has 2 aromatic heterocycles. The van der Waals surface area contributed by atoms with Gasteiger partial charge in [0.2, 0.25) is 5.91 Å². The molecule has 192 valence electrons. The summed E-state index contributed by atoms with van der Waals surface area (Å²) in [5.74, 6) is 0.756. The first-order valence-corrected chi connectivity index (χ1v) is 13.5. The average molecular weight is 537 g/mol. The van der Waals surface area contributed by atoms with Crippen LogP contribution in [0.15, 0.2) is 59.1 Å². The van der Waals surface area contributed by atoms with E-state index in [0.717, 1.165) is 28.0 Å². The van der Waals surface area contributed by atoms with E-state index in [1.54, 1.807) is 0 Å². The van der Waals surface area contributed by atoms with Crippen molar-refractivity contribution in [2.45, 2.75) is 32.0 Å². The number of methoxy groups -OCH3 is 1. The van der Waals surface area contributed by atoms with Gasteiger partial charge in [-0.25, -0.2) is 4.79 Å². The average Bonchev–Trinajstić information content (AvgIpc) is 3.45. The lowest BCUT2D eigenvalue weighted by Gasteiger charge is -2.15. The number of aryl methyl sites for hydroxylation is 2. The second-order valence-electron chi connectivity index (χ2n) is 8.53. The van der Waals surface area contributed by atoms with Crippen LogP contribution >= 0.6 is 23.1 Å². The first-order valence-electron chi connectivity index (χ1n) is 11.6. The van der Waals surface area contributed by atoms with Gasteiger partial charge in [-0.15, -0.1) is 21.5 Å². The molecule has 8 nitrogen and oxygen atoms in total. The predicted molar refractivity (Wildman–Crippen MR) is 146 cm³/mol. The van der Waals surface area contributed by atoms with Crippen LogP contribution in [0, 0.1) is 13.8 Å². The van der Waals surface area contributed by atoms with Crippen molar-refractivity contribution in [1.29, 1.82) is 0 Å². The van der Waals surface area contributed by atoms with Gasteiger partial charge in [-0.1, -0.05) is 48.2 Å². The van der Waals surface area contributed by atoms with Gasteiger partial charge in [0.15, 0.2) is 17.1 Å². The minimum absolute atomic E-state index is 0.0947. The van der Waals surface area contributed by atoms with Crippen LogP contribution in [0.1, 0.15) is 40.3 Å². The third kappa shape index (κ3) is 6.20. The highest BCUT2D eigenvalue weighted by atomic mass is 32.2. The van der Waals surface area contributed by atoms with Gasteiger partial charge in [0.1, 0.15) is 16.3 Å². The molecule has 10 heteroatoms. The molecule has 4 aromatic rings. The van der Waals surface area contributed by atoms with E-state index in [-0.39, 0.29) is 17.8 Å². The maximum Gasteiger partial charge on any atom is 0.341 e. The zero-order valence-corrected chi connectivity index (χ0v) is 22.9. The van der Waals surface area contributed by atoms with Crippen LogP contribution in [-0.2, 0) is 16.6 Å². The highest BCUT2D eigenvalue weighted by Crippen LogP contribution is 2.36. The summed E-state index contributed by atoms with van der Waals surface area (Å²) in [7, 11) is 3.17. The maximum atomic E-state index is 12.8. The number of benzene rings is 2. The number of hydrogen-bond acceptors (Lipinski definition) is 8. The van der Waals surface area contributed by atoms with Crippen molar-refractivity contribution in [3.05, 3.63) is 76.4 Å². The smallest absolute Gasteiger partial charge is 0.341 e. The minimum Gasteiger partial charge on any atom is -0.483 e. The third-order valence-corrected chi connectivity index (χ3v) is 7.51. The van der Waals surface area contributed by atoms with E-state index in [4.69, 9.17) is 9.47 Å². The van der Waals surface area contributed by atoms with Crippen molar-refractivity contribution < 1.29 is 19.1 Å². The molecular formula is C27H28N4O4S2. The molecule has 0 aliphatic carbocycles. The van der Waals surface area contributed by atoms with Crippen LogP contribution in [0.3, 0.4) is 0 Å². The largest absolute Gasteiger partial charge is 0.483 e. The molecule has 0 fully saturated rings. The lowest BCUT2D eigenvalue weighted by molar-refractivity contribution is -0.113. The van der Waals surface area contributed by atoms with E-state index >= 15 is 0 Å². The van der Waals surface area contributed by atoms with E-state index in [9.17, 15) is 9.59 Å². The van der Waals surface area contributed by atoms with Crippen molar-refractivity contribution in [2.24, 2.45) is 7.05 Å². The minimum atomic E-state index is -0.501. The molecule has 1 atom stereocenters. The Kier molecular flexibility index (Phi) is 8.30. The topological polar surface area (TPSA) is 95.3 Å². The summed E-state index contributed by atoms with van der Waals surface area (Å²) in [5, 5.41) is 14.3. The van der Waals surface area contributed by atoms with Crippen molar-refractivity contribution in [3.63, 3.8) is 0 Å². The van der Waals surface area contributed by atoms with Crippen molar-refractivity contribution in [2.75, 3.05) is 18.2 Å². The van der Waals surface area contributed by atoms with Gasteiger partial charge < -0.3 is 19.4 Å². The molecule has 4 rings (SSSR count). The Hall–Kier alpha value is -3.63. The fourth-order valence-corrected chi connectivity index (χ4v) is 5.63. The van der Waals surface area contributed by atoms with Gasteiger partial charge in [-0.05, 0) is 49.6 Å². The molecule has 0 saturated carbocycles. The maximum absolute atomic E-state index is 12.8. The number of thiophene rings is 1. The Balaban J connectivity index is 1.42. The molecule has 0 spiro atoms. The molecule has 1 unspecified atom stereocenters. The molecule has 0 aliphatic rings. The molecule has 0 saturated heterocycles. The second kappa shape index (κ2) is 11.6. The number of rotatable bonds is 9. The summed E-state index contributed by atoms with van der Waals surface area (Å²) in [4.78, 5) is 25.3. The van der Waals surface area contributed by atoms with Gasteiger partial charge in [0, 0.05) is 18.0 Å². The SMILES string of the molecule is COC(=O)c1c(-c2ccccc2)csc1NC(=O)CSc1nnc(C(C)Oc2cc(C)cc(C)c2)n1C. The molecule has 2 heterocycles. The van der Waals surface area contributed by atoms with Gasteiger partial charge in [0.25, 0.3) is 0 Å². The van der Waals surface area contributed by atoms with E-state index in [1.807, 2.05) is 80.2 Å². The number of aromatic nitrogens is 3. The number of nitrogens with zero attached hydrogens (tertiary/aromatic N) is 3. The number of esters is 1. The summed E-state index contributed by atoms with van der Waals surface area (Å²) >= 11 is 2.54. The Morgan fingerprint density at radius 2 is 1.81 bits per heavy atom. The highest BCUT2D eigenvalue weighted by Gasteiger charge is 2.23. The number of amides is 1. The molecular weight excluding hydrogens is 508 g/mol. The predicted octanol–water partition coefficient (Wildman–Crippen LogP) is 5.82. The monoisotopic (exact) mass is 536 g/mol. The van der Waals surface area contributed by atoms with Crippen molar-refractivity contribution in [3.8, 4) is 16.9 Å². The number of carbonyl (C=O) groups is 2. The van der Waals surface area contributed by atoms with Gasteiger partial charge in [-0.2, -0.15) is 0 Å². The standard InChI is InChI=1S/C27H28N4O4S2/c1-16-11-17(2)13-20(12-16)35-18(3)24-29-30-27(31(24)4)37-15-22(32)28-25-23(26(33)34-5)21(14-36-25)19-9-7-6-8-10-19/h6-14,18H,15H2,1-5H3,(H,28,32). The zero-order valence-electron chi connectivity index (χ0n) is 21.3. The molecule has 0 radical (unpaired) electrons. The Bertz CT molecular complexity index is 1400. The molecule has 0 bridgehead atoms. The first kappa shape index (κ1) is 26.4. The summed E-state index contributed by atoms with van der Waals surface area (Å²) in [6.45, 7) is 5.97. The van der Waals surface area contributed by atoms with Crippen LogP contribution in [0.2, 0.25) is 0 Å². The van der Waals surface area contributed by atoms with Crippen LogP contribution in [0.4, 0.5) is 5.00 Å². The van der Waals surface area contributed by atoms with Crippen LogP contribution < -0.4 is 10.1 Å². The van der Waals surface area contributed by atoms with Crippen LogP contribution in [0.5, 0.6) is 5.75 Å². The second-order valence-corrected chi connectivity index (χ2v) is 10.4. The van der Waals surface area contributed by atoms with E-state index in [0.29, 0.717) is 21.5 Å². The number of hydrogen-bond donors (Lipinski definition) is 1.